The fourth-order valence-electron chi connectivity index (χ4n) is 2.72. The fourth-order valence-corrected chi connectivity index (χ4v) is 2.72. The van der Waals surface area contributed by atoms with Gasteiger partial charge in [-0.05, 0) is 38.4 Å². The number of halogens is 2. The number of rotatable bonds is 3. The summed E-state index contributed by atoms with van der Waals surface area (Å²) in [5.74, 6) is -0.991. The second-order valence-electron chi connectivity index (χ2n) is 4.92. The lowest BCUT2D eigenvalue weighted by Gasteiger charge is -2.39. The Morgan fingerprint density at radius 2 is 2.17 bits per heavy atom. The minimum atomic E-state index is -0.522. The number of anilines is 1. The Bertz CT molecular complexity index is 409. The maximum atomic E-state index is 13.8. The second kappa shape index (κ2) is 5.65. The molecule has 0 radical (unpaired) electrons. The lowest BCUT2D eigenvalue weighted by Crippen LogP contribution is -2.47. The monoisotopic (exact) mass is 254 g/mol. The molecule has 0 amide bonds. The third-order valence-corrected chi connectivity index (χ3v) is 3.59. The smallest absolute Gasteiger partial charge is 0.149 e. The molecule has 0 spiro atoms. The van der Waals surface area contributed by atoms with Crippen LogP contribution in [-0.2, 0) is 0 Å². The van der Waals surface area contributed by atoms with Crippen molar-refractivity contribution in [3.63, 3.8) is 0 Å². The first-order valence-electron chi connectivity index (χ1n) is 6.57. The molecule has 0 aliphatic carbocycles. The average Bonchev–Trinajstić information content (AvgIpc) is 2.31. The minimum absolute atomic E-state index is 0.266. The Kier molecular flexibility index (Phi) is 4.17. The zero-order valence-corrected chi connectivity index (χ0v) is 10.9. The van der Waals surface area contributed by atoms with Crippen molar-refractivity contribution in [2.75, 3.05) is 18.0 Å². The minimum Gasteiger partial charge on any atom is -0.366 e. The number of nitrogens with one attached hydrogen (secondary N) is 1. The first-order chi connectivity index (χ1) is 8.61. The van der Waals surface area contributed by atoms with E-state index in [0.29, 0.717) is 11.7 Å². The number of hydrogen-bond acceptors (Lipinski definition) is 2. The van der Waals surface area contributed by atoms with Crippen LogP contribution in [0.25, 0.3) is 0 Å². The normalized spacial score (nSPS) is 24.3. The van der Waals surface area contributed by atoms with Gasteiger partial charge in [0, 0.05) is 24.7 Å². The van der Waals surface area contributed by atoms with Gasteiger partial charge in [-0.3, -0.25) is 0 Å². The predicted octanol–water partition coefficient (Wildman–Crippen LogP) is 2.93. The van der Waals surface area contributed by atoms with E-state index < -0.39 is 11.6 Å². The summed E-state index contributed by atoms with van der Waals surface area (Å²) in [6.45, 7) is 5.95. The maximum absolute atomic E-state index is 13.8. The van der Waals surface area contributed by atoms with Crippen molar-refractivity contribution in [3.8, 4) is 0 Å². The summed E-state index contributed by atoms with van der Waals surface area (Å²) in [5, 5.41) is 3.43. The SMILES string of the molecule is CCNC1CCN(c2ccc(F)cc2F)C(C)C1. The molecule has 1 N–H and O–H groups in total. The van der Waals surface area contributed by atoms with Crippen LogP contribution < -0.4 is 10.2 Å². The van der Waals surface area contributed by atoms with E-state index in [-0.39, 0.29) is 6.04 Å². The van der Waals surface area contributed by atoms with Crippen LogP contribution in [-0.4, -0.2) is 25.2 Å². The number of hydrogen-bond donors (Lipinski definition) is 1. The van der Waals surface area contributed by atoms with Gasteiger partial charge in [-0.1, -0.05) is 6.92 Å². The Labute approximate surface area is 107 Å². The highest BCUT2D eigenvalue weighted by molar-refractivity contribution is 5.49. The van der Waals surface area contributed by atoms with Crippen LogP contribution in [0.4, 0.5) is 14.5 Å². The van der Waals surface area contributed by atoms with E-state index in [0.717, 1.165) is 32.0 Å². The molecule has 1 heterocycles. The van der Waals surface area contributed by atoms with Crippen LogP contribution in [0.3, 0.4) is 0 Å². The molecule has 1 aromatic carbocycles. The van der Waals surface area contributed by atoms with Crippen LogP contribution in [0, 0.1) is 11.6 Å². The zero-order chi connectivity index (χ0) is 13.1. The average molecular weight is 254 g/mol. The Balaban J connectivity index is 2.10. The summed E-state index contributed by atoms with van der Waals surface area (Å²) in [4.78, 5) is 2.03. The van der Waals surface area contributed by atoms with Crippen LogP contribution >= 0.6 is 0 Å². The summed E-state index contributed by atoms with van der Waals surface area (Å²) in [6.07, 6.45) is 1.99. The molecule has 1 aromatic rings. The van der Waals surface area contributed by atoms with Crippen LogP contribution in [0.15, 0.2) is 18.2 Å². The molecule has 0 bridgehead atoms. The Morgan fingerprint density at radius 1 is 1.39 bits per heavy atom. The number of benzene rings is 1. The molecule has 2 nitrogen and oxygen atoms in total. The molecule has 2 unspecified atom stereocenters. The van der Waals surface area contributed by atoms with Gasteiger partial charge in [-0.2, -0.15) is 0 Å². The van der Waals surface area contributed by atoms with E-state index in [9.17, 15) is 8.78 Å². The van der Waals surface area contributed by atoms with Gasteiger partial charge >= 0.3 is 0 Å². The van der Waals surface area contributed by atoms with Crippen molar-refractivity contribution < 1.29 is 8.78 Å². The van der Waals surface area contributed by atoms with Gasteiger partial charge in [0.25, 0.3) is 0 Å². The van der Waals surface area contributed by atoms with Crippen LogP contribution in [0.2, 0.25) is 0 Å². The van der Waals surface area contributed by atoms with E-state index in [1.807, 2.05) is 4.90 Å². The first-order valence-corrected chi connectivity index (χ1v) is 6.57. The topological polar surface area (TPSA) is 15.3 Å². The zero-order valence-electron chi connectivity index (χ0n) is 10.9. The molecule has 2 rings (SSSR count). The van der Waals surface area contributed by atoms with Crippen molar-refractivity contribution in [1.82, 2.24) is 5.32 Å². The van der Waals surface area contributed by atoms with Gasteiger partial charge in [0.05, 0.1) is 5.69 Å². The largest absolute Gasteiger partial charge is 0.366 e. The van der Waals surface area contributed by atoms with Crippen molar-refractivity contribution in [1.29, 1.82) is 0 Å². The summed E-state index contributed by atoms with van der Waals surface area (Å²) >= 11 is 0. The summed E-state index contributed by atoms with van der Waals surface area (Å²) in [6, 6.07) is 4.59. The van der Waals surface area contributed by atoms with E-state index in [4.69, 9.17) is 0 Å². The van der Waals surface area contributed by atoms with E-state index in [1.165, 1.54) is 12.1 Å². The van der Waals surface area contributed by atoms with E-state index in [2.05, 4.69) is 19.2 Å². The highest BCUT2D eigenvalue weighted by Crippen LogP contribution is 2.27. The summed E-state index contributed by atoms with van der Waals surface area (Å²) < 4.78 is 26.7. The molecular weight excluding hydrogens is 234 g/mol. The van der Waals surface area contributed by atoms with Gasteiger partial charge in [-0.15, -0.1) is 0 Å². The lowest BCUT2D eigenvalue weighted by atomic mass is 9.97. The third kappa shape index (κ3) is 2.80. The first kappa shape index (κ1) is 13.3. The van der Waals surface area contributed by atoms with Crippen LogP contribution in [0.1, 0.15) is 26.7 Å². The van der Waals surface area contributed by atoms with E-state index >= 15 is 0 Å². The van der Waals surface area contributed by atoms with Gasteiger partial charge in [-0.25, -0.2) is 8.78 Å². The Morgan fingerprint density at radius 3 is 2.78 bits per heavy atom. The molecule has 1 fully saturated rings. The molecular formula is C14H20F2N2. The molecule has 0 aromatic heterocycles. The van der Waals surface area contributed by atoms with Crippen molar-refractivity contribution in [2.45, 2.75) is 38.8 Å². The third-order valence-electron chi connectivity index (χ3n) is 3.59. The Hall–Kier alpha value is -1.16. The van der Waals surface area contributed by atoms with Crippen molar-refractivity contribution >= 4 is 5.69 Å². The lowest BCUT2D eigenvalue weighted by molar-refractivity contribution is 0.371. The number of piperidine rings is 1. The van der Waals surface area contributed by atoms with Crippen molar-refractivity contribution in [3.05, 3.63) is 29.8 Å². The molecule has 18 heavy (non-hydrogen) atoms. The predicted molar refractivity (Wildman–Crippen MR) is 69.9 cm³/mol. The highest BCUT2D eigenvalue weighted by Gasteiger charge is 2.26. The summed E-state index contributed by atoms with van der Waals surface area (Å²) in [7, 11) is 0. The van der Waals surface area contributed by atoms with Gasteiger partial charge in [0.2, 0.25) is 0 Å². The molecule has 1 aliphatic rings. The summed E-state index contributed by atoms with van der Waals surface area (Å²) in [5.41, 5.74) is 0.513. The van der Waals surface area contributed by atoms with Crippen molar-refractivity contribution in [2.24, 2.45) is 0 Å². The van der Waals surface area contributed by atoms with E-state index in [1.54, 1.807) is 0 Å². The molecule has 4 heteroatoms. The van der Waals surface area contributed by atoms with Crippen LogP contribution in [0.5, 0.6) is 0 Å². The fraction of sp³-hybridized carbons (Fsp3) is 0.571. The van der Waals surface area contributed by atoms with Gasteiger partial charge < -0.3 is 10.2 Å². The second-order valence-corrected chi connectivity index (χ2v) is 4.92. The van der Waals surface area contributed by atoms with Gasteiger partial charge in [0.1, 0.15) is 11.6 Å². The molecule has 1 aliphatic heterocycles. The molecule has 0 saturated carbocycles. The molecule has 1 saturated heterocycles. The van der Waals surface area contributed by atoms with Gasteiger partial charge in [0.15, 0.2) is 0 Å². The highest BCUT2D eigenvalue weighted by atomic mass is 19.1. The standard InChI is InChI=1S/C14H20F2N2/c1-3-17-12-6-7-18(10(2)8-12)14-5-4-11(15)9-13(14)16/h4-5,9-10,12,17H,3,6-8H2,1-2H3. The maximum Gasteiger partial charge on any atom is 0.149 e. The quantitative estimate of drug-likeness (QED) is 0.892. The molecule has 2 atom stereocenters. The number of nitrogens with zero attached hydrogens (tertiary/aromatic N) is 1. The molecule has 100 valence electrons.